The Bertz CT molecular complexity index is 298. The maximum atomic E-state index is 11.8. The van der Waals surface area contributed by atoms with E-state index in [1.165, 1.54) is 0 Å². The highest BCUT2D eigenvalue weighted by Crippen LogP contribution is 2.40. The number of Topliss-reactive ketones (excluding diaryl/α,β-unsaturated/α-hetero) is 1. The van der Waals surface area contributed by atoms with Crippen molar-refractivity contribution in [2.45, 2.75) is 32.8 Å². The molecule has 0 aliphatic heterocycles. The van der Waals surface area contributed by atoms with E-state index in [-0.39, 0.29) is 36.4 Å². The molecule has 0 N–H and O–H groups in total. The Kier molecular flexibility index (Phi) is 5.76. The molecule has 0 bridgehead atoms. The van der Waals surface area contributed by atoms with Crippen LogP contribution < -0.4 is 0 Å². The van der Waals surface area contributed by atoms with Gasteiger partial charge < -0.3 is 9.47 Å². The van der Waals surface area contributed by atoms with Crippen molar-refractivity contribution in [2.75, 3.05) is 13.9 Å². The molecule has 1 aliphatic carbocycles. The molecule has 4 atom stereocenters. The maximum absolute atomic E-state index is 11.8. The van der Waals surface area contributed by atoms with Gasteiger partial charge in [0.15, 0.2) is 0 Å². The lowest BCUT2D eigenvalue weighted by atomic mass is 9.67. The summed E-state index contributed by atoms with van der Waals surface area (Å²) in [5, 5.41) is 0. The van der Waals surface area contributed by atoms with Crippen LogP contribution in [-0.2, 0) is 14.3 Å². The third kappa shape index (κ3) is 3.53. The number of carbonyl (C=O) groups excluding carboxylic acids is 1. The minimum absolute atomic E-state index is 0.0141. The number of carbonyl (C=O) groups is 1. The van der Waals surface area contributed by atoms with Gasteiger partial charge in [0.1, 0.15) is 12.6 Å². The number of rotatable bonds is 6. The molecule has 18 heavy (non-hydrogen) atoms. The van der Waals surface area contributed by atoms with E-state index in [9.17, 15) is 4.79 Å². The number of hydrogen-bond acceptors (Lipinski definition) is 3. The van der Waals surface area contributed by atoms with Gasteiger partial charge in [0.2, 0.25) is 0 Å². The average molecular weight is 252 g/mol. The van der Waals surface area contributed by atoms with E-state index in [2.05, 4.69) is 13.2 Å². The lowest BCUT2D eigenvalue weighted by Crippen LogP contribution is -2.39. The first kappa shape index (κ1) is 15.1. The number of ketones is 1. The molecule has 0 radical (unpaired) electrons. The first-order valence-electron chi connectivity index (χ1n) is 6.40. The topological polar surface area (TPSA) is 35.5 Å². The normalized spacial score (nSPS) is 31.9. The molecule has 1 fully saturated rings. The Morgan fingerprint density at radius 2 is 1.94 bits per heavy atom. The van der Waals surface area contributed by atoms with Crippen molar-refractivity contribution in [2.24, 2.45) is 17.8 Å². The molecule has 1 rings (SSSR count). The molecule has 3 heteroatoms. The molecule has 0 amide bonds. The standard InChI is InChI=1S/C15H24O3/c1-6-13-14(10(2)3)7-12(18-9-17-5)8-15(13)11(4)16/h6,12-15H,1-2,7-9H2,3-5H3/t12-,13+,14+,15?/m1/s1. The fourth-order valence-electron chi connectivity index (χ4n) is 2.85. The SMILES string of the molecule is C=C[C@@H]1C(C(C)=O)C[C@H](OCOC)C[C@H]1C(=C)C. The molecule has 0 aromatic rings. The summed E-state index contributed by atoms with van der Waals surface area (Å²) in [5.41, 5.74) is 1.09. The Labute approximate surface area is 110 Å². The van der Waals surface area contributed by atoms with Gasteiger partial charge in [-0.3, -0.25) is 4.79 Å². The fraction of sp³-hybridized carbons (Fsp3) is 0.667. The molecule has 1 aliphatic rings. The van der Waals surface area contributed by atoms with Crippen LogP contribution in [0.5, 0.6) is 0 Å². The lowest BCUT2D eigenvalue weighted by molar-refractivity contribution is -0.131. The Hall–Kier alpha value is -0.930. The van der Waals surface area contributed by atoms with Crippen molar-refractivity contribution in [1.82, 2.24) is 0 Å². The van der Waals surface area contributed by atoms with E-state index < -0.39 is 0 Å². The van der Waals surface area contributed by atoms with Crippen molar-refractivity contribution in [3.63, 3.8) is 0 Å². The molecule has 1 saturated carbocycles. The summed E-state index contributed by atoms with van der Waals surface area (Å²) >= 11 is 0. The highest BCUT2D eigenvalue weighted by molar-refractivity contribution is 5.79. The summed E-state index contributed by atoms with van der Waals surface area (Å²) in [6, 6.07) is 0. The van der Waals surface area contributed by atoms with E-state index in [1.54, 1.807) is 14.0 Å². The van der Waals surface area contributed by atoms with Crippen LogP contribution in [-0.4, -0.2) is 25.8 Å². The zero-order valence-corrected chi connectivity index (χ0v) is 11.6. The molecule has 0 aromatic heterocycles. The highest BCUT2D eigenvalue weighted by atomic mass is 16.7. The molecule has 3 nitrogen and oxygen atoms in total. The van der Waals surface area contributed by atoms with E-state index in [0.717, 1.165) is 18.4 Å². The zero-order chi connectivity index (χ0) is 13.7. The number of methoxy groups -OCH3 is 1. The molecular weight excluding hydrogens is 228 g/mol. The summed E-state index contributed by atoms with van der Waals surface area (Å²) in [4.78, 5) is 11.8. The van der Waals surface area contributed by atoms with Crippen LogP contribution in [0.1, 0.15) is 26.7 Å². The molecular formula is C15H24O3. The predicted octanol–water partition coefficient (Wildman–Crippen LogP) is 2.97. The molecule has 0 aromatic carbocycles. The minimum Gasteiger partial charge on any atom is -0.359 e. The van der Waals surface area contributed by atoms with Crippen LogP contribution in [0.3, 0.4) is 0 Å². The van der Waals surface area contributed by atoms with Gasteiger partial charge in [-0.1, -0.05) is 18.2 Å². The van der Waals surface area contributed by atoms with Gasteiger partial charge >= 0.3 is 0 Å². The van der Waals surface area contributed by atoms with Gasteiger partial charge in [0.25, 0.3) is 0 Å². The third-order valence-electron chi connectivity index (χ3n) is 3.81. The molecule has 0 saturated heterocycles. The minimum atomic E-state index is -0.0141. The molecule has 0 spiro atoms. The van der Waals surface area contributed by atoms with Crippen LogP contribution in [0.25, 0.3) is 0 Å². The Morgan fingerprint density at radius 3 is 2.39 bits per heavy atom. The van der Waals surface area contributed by atoms with Crippen LogP contribution in [0.4, 0.5) is 0 Å². The van der Waals surface area contributed by atoms with Gasteiger partial charge in [0.05, 0.1) is 6.10 Å². The Balaban J connectivity index is 2.84. The summed E-state index contributed by atoms with van der Waals surface area (Å²) in [7, 11) is 1.61. The lowest BCUT2D eigenvalue weighted by Gasteiger charge is -2.39. The van der Waals surface area contributed by atoms with Gasteiger partial charge in [-0.2, -0.15) is 0 Å². The van der Waals surface area contributed by atoms with E-state index in [1.807, 2.05) is 13.0 Å². The predicted molar refractivity (Wildman–Crippen MR) is 72.1 cm³/mol. The summed E-state index contributed by atoms with van der Waals surface area (Å²) in [5.74, 6) is 0.645. The largest absolute Gasteiger partial charge is 0.359 e. The summed E-state index contributed by atoms with van der Waals surface area (Å²) in [6.45, 7) is 11.9. The number of hydrogen-bond donors (Lipinski definition) is 0. The van der Waals surface area contributed by atoms with Crippen molar-refractivity contribution in [1.29, 1.82) is 0 Å². The molecule has 1 unspecified atom stereocenters. The number of ether oxygens (including phenoxy) is 2. The van der Waals surface area contributed by atoms with Crippen molar-refractivity contribution < 1.29 is 14.3 Å². The van der Waals surface area contributed by atoms with Gasteiger partial charge in [-0.25, -0.2) is 0 Å². The van der Waals surface area contributed by atoms with Crippen LogP contribution >= 0.6 is 0 Å². The summed E-state index contributed by atoms with van der Waals surface area (Å²) < 4.78 is 10.6. The van der Waals surface area contributed by atoms with E-state index in [4.69, 9.17) is 9.47 Å². The third-order valence-corrected chi connectivity index (χ3v) is 3.81. The summed E-state index contributed by atoms with van der Waals surface area (Å²) in [6.07, 6.45) is 3.60. The second kappa shape index (κ2) is 6.86. The fourth-order valence-corrected chi connectivity index (χ4v) is 2.85. The van der Waals surface area contributed by atoms with Crippen molar-refractivity contribution >= 4 is 5.78 Å². The van der Waals surface area contributed by atoms with E-state index in [0.29, 0.717) is 0 Å². The van der Waals surface area contributed by atoms with E-state index >= 15 is 0 Å². The van der Waals surface area contributed by atoms with Crippen LogP contribution in [0.15, 0.2) is 24.8 Å². The maximum Gasteiger partial charge on any atom is 0.146 e. The van der Waals surface area contributed by atoms with Crippen LogP contribution in [0, 0.1) is 17.8 Å². The quantitative estimate of drug-likeness (QED) is 0.538. The van der Waals surface area contributed by atoms with Gasteiger partial charge in [-0.05, 0) is 38.5 Å². The second-order valence-corrected chi connectivity index (χ2v) is 5.15. The molecule has 102 valence electrons. The van der Waals surface area contributed by atoms with Gasteiger partial charge in [0, 0.05) is 13.0 Å². The Morgan fingerprint density at radius 1 is 1.33 bits per heavy atom. The van der Waals surface area contributed by atoms with Crippen molar-refractivity contribution in [3.8, 4) is 0 Å². The highest BCUT2D eigenvalue weighted by Gasteiger charge is 2.39. The smallest absolute Gasteiger partial charge is 0.146 e. The molecule has 0 heterocycles. The second-order valence-electron chi connectivity index (χ2n) is 5.15. The average Bonchev–Trinajstić information content (AvgIpc) is 2.34. The zero-order valence-electron chi connectivity index (χ0n) is 11.6. The van der Waals surface area contributed by atoms with Crippen LogP contribution in [0.2, 0.25) is 0 Å². The van der Waals surface area contributed by atoms with Crippen molar-refractivity contribution in [3.05, 3.63) is 24.8 Å². The monoisotopic (exact) mass is 252 g/mol. The van der Waals surface area contributed by atoms with Gasteiger partial charge in [-0.15, -0.1) is 6.58 Å². The first-order chi connectivity index (χ1) is 8.51. The number of allylic oxidation sites excluding steroid dienone is 2. The first-order valence-corrected chi connectivity index (χ1v) is 6.40.